The molecule has 7 nitrogen and oxygen atoms in total. The van der Waals surface area contributed by atoms with Crippen LogP contribution in [0.5, 0.6) is 11.5 Å². The third-order valence-corrected chi connectivity index (χ3v) is 3.37. The molecule has 2 rings (SSSR count). The lowest BCUT2D eigenvalue weighted by atomic mass is 10.2. The van der Waals surface area contributed by atoms with Crippen LogP contribution in [0.2, 0.25) is 0 Å². The molecule has 22 heavy (non-hydrogen) atoms. The van der Waals surface area contributed by atoms with Gasteiger partial charge in [0.05, 0.1) is 11.5 Å². The van der Waals surface area contributed by atoms with E-state index in [1.54, 1.807) is 31.2 Å². The lowest BCUT2D eigenvalue weighted by Gasteiger charge is -2.11. The number of rotatable bonds is 6. The molecule has 0 saturated carbocycles. The number of nitrogens with one attached hydrogen (secondary N) is 1. The standard InChI is InChI=1S/C14H13NO6S/c1-2-20-10-5-8(3-4-9(10)21-7-12(16)17)6-11-13(18)15-14(19)22-11/h3-6H,2,7H2,1H3,(H,16,17)(H,15,18,19)/b11-6+. The summed E-state index contributed by atoms with van der Waals surface area (Å²) in [5.74, 6) is -0.871. The Labute approximate surface area is 130 Å². The number of hydrogen-bond acceptors (Lipinski definition) is 6. The van der Waals surface area contributed by atoms with Gasteiger partial charge < -0.3 is 14.6 Å². The highest BCUT2D eigenvalue weighted by atomic mass is 32.2. The summed E-state index contributed by atoms with van der Waals surface area (Å²) in [5, 5.41) is 10.4. The van der Waals surface area contributed by atoms with E-state index in [9.17, 15) is 14.4 Å². The third kappa shape index (κ3) is 4.01. The molecule has 1 aromatic rings. The molecule has 0 spiro atoms. The van der Waals surface area contributed by atoms with Crippen LogP contribution >= 0.6 is 11.8 Å². The summed E-state index contributed by atoms with van der Waals surface area (Å²) in [7, 11) is 0. The zero-order chi connectivity index (χ0) is 16.1. The summed E-state index contributed by atoms with van der Waals surface area (Å²) >= 11 is 0.818. The van der Waals surface area contributed by atoms with Gasteiger partial charge in [-0.15, -0.1) is 0 Å². The predicted molar refractivity (Wildman–Crippen MR) is 79.8 cm³/mol. The number of benzene rings is 1. The van der Waals surface area contributed by atoms with Crippen LogP contribution in [-0.2, 0) is 9.59 Å². The van der Waals surface area contributed by atoms with Crippen molar-refractivity contribution in [2.24, 2.45) is 0 Å². The molecule has 0 atom stereocenters. The van der Waals surface area contributed by atoms with Crippen LogP contribution in [-0.4, -0.2) is 35.4 Å². The maximum Gasteiger partial charge on any atom is 0.341 e. The van der Waals surface area contributed by atoms with Crippen molar-refractivity contribution < 1.29 is 29.0 Å². The normalized spacial score (nSPS) is 15.8. The van der Waals surface area contributed by atoms with Gasteiger partial charge in [-0.3, -0.25) is 14.9 Å². The molecular weight excluding hydrogens is 310 g/mol. The van der Waals surface area contributed by atoms with Crippen molar-refractivity contribution in [2.75, 3.05) is 13.2 Å². The largest absolute Gasteiger partial charge is 0.490 e. The van der Waals surface area contributed by atoms with Crippen molar-refractivity contribution in [3.63, 3.8) is 0 Å². The first-order valence-electron chi connectivity index (χ1n) is 6.36. The van der Waals surface area contributed by atoms with E-state index in [-0.39, 0.29) is 4.91 Å². The minimum Gasteiger partial charge on any atom is -0.490 e. The number of carboxylic acid groups (broad SMARTS) is 1. The molecule has 1 heterocycles. The van der Waals surface area contributed by atoms with Gasteiger partial charge in [-0.1, -0.05) is 6.07 Å². The highest BCUT2D eigenvalue weighted by molar-refractivity contribution is 8.18. The lowest BCUT2D eigenvalue weighted by Crippen LogP contribution is -2.17. The summed E-state index contributed by atoms with van der Waals surface area (Å²) in [4.78, 5) is 33.5. The number of ether oxygens (including phenoxy) is 2. The molecule has 0 radical (unpaired) electrons. The van der Waals surface area contributed by atoms with Crippen LogP contribution in [0.15, 0.2) is 23.1 Å². The zero-order valence-electron chi connectivity index (χ0n) is 11.6. The van der Waals surface area contributed by atoms with Crippen molar-refractivity contribution in [1.82, 2.24) is 5.32 Å². The predicted octanol–water partition coefficient (Wildman–Crippen LogP) is 1.87. The fourth-order valence-electron chi connectivity index (χ4n) is 1.71. The Hall–Kier alpha value is -2.48. The Bertz CT molecular complexity index is 655. The van der Waals surface area contributed by atoms with Gasteiger partial charge in [-0.05, 0) is 42.5 Å². The third-order valence-electron chi connectivity index (χ3n) is 2.56. The molecule has 0 aromatic heterocycles. The van der Waals surface area contributed by atoms with Crippen molar-refractivity contribution in [3.8, 4) is 11.5 Å². The molecule has 1 fully saturated rings. The first kappa shape index (κ1) is 15.9. The van der Waals surface area contributed by atoms with Gasteiger partial charge in [0.1, 0.15) is 0 Å². The van der Waals surface area contributed by atoms with Gasteiger partial charge in [0.25, 0.3) is 11.1 Å². The molecule has 1 aliphatic rings. The van der Waals surface area contributed by atoms with Crippen LogP contribution in [0.3, 0.4) is 0 Å². The minimum atomic E-state index is -1.09. The highest BCUT2D eigenvalue weighted by Gasteiger charge is 2.25. The fraction of sp³-hybridized carbons (Fsp3) is 0.214. The number of carbonyl (C=O) groups excluding carboxylic acids is 2. The Morgan fingerprint density at radius 2 is 2.09 bits per heavy atom. The van der Waals surface area contributed by atoms with E-state index in [1.165, 1.54) is 0 Å². The molecule has 1 saturated heterocycles. The number of carboxylic acids is 1. The van der Waals surface area contributed by atoms with E-state index in [0.29, 0.717) is 23.7 Å². The first-order chi connectivity index (χ1) is 10.5. The number of amides is 2. The van der Waals surface area contributed by atoms with Gasteiger partial charge in [-0.2, -0.15) is 0 Å². The second-order valence-corrected chi connectivity index (χ2v) is 5.19. The molecule has 2 N–H and O–H groups in total. The Kier molecular flexibility index (Phi) is 5.05. The second-order valence-electron chi connectivity index (χ2n) is 4.17. The van der Waals surface area contributed by atoms with Gasteiger partial charge >= 0.3 is 5.97 Å². The van der Waals surface area contributed by atoms with E-state index in [1.807, 2.05) is 0 Å². The maximum atomic E-state index is 11.5. The molecule has 2 amide bonds. The summed E-state index contributed by atoms with van der Waals surface area (Å²) in [6.45, 7) is 1.68. The average molecular weight is 323 g/mol. The molecule has 1 aliphatic heterocycles. The smallest absolute Gasteiger partial charge is 0.341 e. The van der Waals surface area contributed by atoms with Gasteiger partial charge in [0.2, 0.25) is 0 Å². The second kappa shape index (κ2) is 6.99. The van der Waals surface area contributed by atoms with Crippen LogP contribution in [0.25, 0.3) is 6.08 Å². The monoisotopic (exact) mass is 323 g/mol. The molecule has 0 aliphatic carbocycles. The van der Waals surface area contributed by atoms with Crippen molar-refractivity contribution in [3.05, 3.63) is 28.7 Å². The molecule has 116 valence electrons. The number of aliphatic carboxylic acids is 1. The molecular formula is C14H13NO6S. The van der Waals surface area contributed by atoms with Crippen molar-refractivity contribution in [2.45, 2.75) is 6.92 Å². The minimum absolute atomic E-state index is 0.284. The zero-order valence-corrected chi connectivity index (χ0v) is 12.4. The number of thioether (sulfide) groups is 1. The molecule has 0 bridgehead atoms. The SMILES string of the molecule is CCOc1cc(/C=C2/SC(=O)NC2=O)ccc1OCC(=O)O. The van der Waals surface area contributed by atoms with Crippen LogP contribution in [0, 0.1) is 0 Å². The molecule has 1 aromatic carbocycles. The average Bonchev–Trinajstić information content (AvgIpc) is 2.76. The number of imide groups is 1. The molecule has 8 heteroatoms. The van der Waals surface area contributed by atoms with Crippen LogP contribution < -0.4 is 14.8 Å². The fourth-order valence-corrected chi connectivity index (χ4v) is 2.40. The summed E-state index contributed by atoms with van der Waals surface area (Å²) < 4.78 is 10.5. The summed E-state index contributed by atoms with van der Waals surface area (Å²) in [6.07, 6.45) is 1.55. The quantitative estimate of drug-likeness (QED) is 0.770. The highest BCUT2D eigenvalue weighted by Crippen LogP contribution is 2.31. The summed E-state index contributed by atoms with van der Waals surface area (Å²) in [5.41, 5.74) is 0.637. The van der Waals surface area contributed by atoms with E-state index in [2.05, 4.69) is 5.32 Å². The lowest BCUT2D eigenvalue weighted by molar-refractivity contribution is -0.139. The van der Waals surface area contributed by atoms with Crippen molar-refractivity contribution in [1.29, 1.82) is 0 Å². The molecule has 0 unspecified atom stereocenters. The Morgan fingerprint density at radius 3 is 2.68 bits per heavy atom. The maximum absolute atomic E-state index is 11.5. The Morgan fingerprint density at radius 1 is 1.32 bits per heavy atom. The van der Waals surface area contributed by atoms with Gasteiger partial charge in [0, 0.05) is 0 Å². The number of hydrogen-bond donors (Lipinski definition) is 2. The first-order valence-corrected chi connectivity index (χ1v) is 7.17. The number of carbonyl (C=O) groups is 3. The topological polar surface area (TPSA) is 102 Å². The van der Waals surface area contributed by atoms with Crippen LogP contribution in [0.1, 0.15) is 12.5 Å². The van der Waals surface area contributed by atoms with Crippen molar-refractivity contribution >= 4 is 35.0 Å². The van der Waals surface area contributed by atoms with Gasteiger partial charge in [0.15, 0.2) is 18.1 Å². The van der Waals surface area contributed by atoms with E-state index in [0.717, 1.165) is 11.8 Å². The van der Waals surface area contributed by atoms with Crippen LogP contribution in [0.4, 0.5) is 4.79 Å². The van der Waals surface area contributed by atoms with E-state index < -0.39 is 23.7 Å². The Balaban J connectivity index is 2.25. The van der Waals surface area contributed by atoms with E-state index >= 15 is 0 Å². The summed E-state index contributed by atoms with van der Waals surface area (Å²) in [6, 6.07) is 4.81. The van der Waals surface area contributed by atoms with Gasteiger partial charge in [-0.25, -0.2) is 4.79 Å². The van der Waals surface area contributed by atoms with E-state index in [4.69, 9.17) is 14.6 Å².